The minimum atomic E-state index is -0.284. The van der Waals surface area contributed by atoms with Crippen molar-refractivity contribution in [1.82, 2.24) is 4.57 Å². The van der Waals surface area contributed by atoms with E-state index in [1.807, 2.05) is 54.6 Å². The average molecular weight is 317 g/mol. The van der Waals surface area contributed by atoms with Crippen molar-refractivity contribution >= 4 is 16.7 Å². The molecule has 1 aromatic heterocycles. The van der Waals surface area contributed by atoms with E-state index in [4.69, 9.17) is 4.74 Å². The Kier molecular flexibility index (Phi) is 3.24. The molecule has 0 aliphatic carbocycles. The van der Waals surface area contributed by atoms with E-state index in [9.17, 15) is 9.90 Å². The molecular formula is C20H15NO3. The van der Waals surface area contributed by atoms with Gasteiger partial charge < -0.3 is 14.4 Å². The third-order valence-corrected chi connectivity index (χ3v) is 4.10. The Morgan fingerprint density at radius 2 is 1.75 bits per heavy atom. The molecule has 0 saturated carbocycles. The van der Waals surface area contributed by atoms with E-state index in [2.05, 4.69) is 6.58 Å². The highest BCUT2D eigenvalue weighted by molar-refractivity contribution is 5.91. The van der Waals surface area contributed by atoms with Gasteiger partial charge >= 0.3 is 0 Å². The van der Waals surface area contributed by atoms with Crippen LogP contribution in [0, 0.1) is 0 Å². The van der Waals surface area contributed by atoms with Crippen molar-refractivity contribution in [3.05, 3.63) is 94.5 Å². The number of fused-ring (bicyclic) bond motifs is 3. The number of para-hydroxylation sites is 1. The summed E-state index contributed by atoms with van der Waals surface area (Å²) < 4.78 is 7.32. The second kappa shape index (κ2) is 5.42. The summed E-state index contributed by atoms with van der Waals surface area (Å²) >= 11 is 0. The normalized spacial score (nSPS) is 13.3. The molecule has 4 heteroatoms. The number of aliphatic hydroxyl groups excluding tert-OH is 1. The van der Waals surface area contributed by atoms with E-state index in [-0.39, 0.29) is 16.9 Å². The molecule has 0 bridgehead atoms. The zero-order chi connectivity index (χ0) is 16.7. The summed E-state index contributed by atoms with van der Waals surface area (Å²) in [6.45, 7) is 4.14. The molecule has 0 atom stereocenters. The lowest BCUT2D eigenvalue weighted by atomic mass is 10.1. The molecule has 0 spiro atoms. The molecule has 4 rings (SSSR count). The summed E-state index contributed by atoms with van der Waals surface area (Å²) in [5, 5.41) is 11.0. The van der Waals surface area contributed by atoms with Crippen molar-refractivity contribution < 1.29 is 9.84 Å². The van der Waals surface area contributed by atoms with Gasteiger partial charge in [0.05, 0.1) is 12.1 Å². The quantitative estimate of drug-likeness (QED) is 0.781. The van der Waals surface area contributed by atoms with Gasteiger partial charge in [-0.3, -0.25) is 4.79 Å². The summed E-state index contributed by atoms with van der Waals surface area (Å²) in [4.78, 5) is 13.0. The van der Waals surface area contributed by atoms with E-state index in [0.29, 0.717) is 18.1 Å². The Balaban J connectivity index is 2.04. The highest BCUT2D eigenvalue weighted by Crippen LogP contribution is 2.35. The summed E-state index contributed by atoms with van der Waals surface area (Å²) in [6, 6.07) is 17.2. The molecule has 0 fully saturated rings. The SMILES string of the molecule is C=C1C=C(O)c2c(c3ccccc3n(Cc3ccccc3)c2=O)O1. The number of benzene rings is 2. The van der Waals surface area contributed by atoms with Crippen LogP contribution in [-0.2, 0) is 6.54 Å². The van der Waals surface area contributed by atoms with E-state index >= 15 is 0 Å². The van der Waals surface area contributed by atoms with Gasteiger partial charge in [0.25, 0.3) is 5.56 Å². The predicted octanol–water partition coefficient (Wildman–Crippen LogP) is 3.85. The van der Waals surface area contributed by atoms with E-state index in [0.717, 1.165) is 16.5 Å². The first kappa shape index (κ1) is 14.3. The number of hydrogen-bond donors (Lipinski definition) is 1. The molecule has 2 heterocycles. The lowest BCUT2D eigenvalue weighted by molar-refractivity contribution is 0.421. The molecule has 1 aliphatic heterocycles. The maximum atomic E-state index is 13.0. The second-order valence-electron chi connectivity index (χ2n) is 5.70. The van der Waals surface area contributed by atoms with Crippen LogP contribution in [0.25, 0.3) is 16.7 Å². The van der Waals surface area contributed by atoms with Crippen LogP contribution in [0.2, 0.25) is 0 Å². The fourth-order valence-electron chi connectivity index (χ4n) is 3.02. The minimum Gasteiger partial charge on any atom is -0.507 e. The van der Waals surface area contributed by atoms with E-state index in [1.54, 1.807) is 4.57 Å². The van der Waals surface area contributed by atoms with Gasteiger partial charge in [-0.25, -0.2) is 0 Å². The number of allylic oxidation sites excluding steroid dienone is 1. The van der Waals surface area contributed by atoms with Crippen molar-refractivity contribution in [2.75, 3.05) is 0 Å². The van der Waals surface area contributed by atoms with Crippen molar-refractivity contribution in [3.8, 4) is 5.75 Å². The van der Waals surface area contributed by atoms with Crippen LogP contribution in [0.4, 0.5) is 0 Å². The molecule has 0 saturated heterocycles. The standard InChI is InChI=1S/C20H15NO3/c1-13-11-17(22)18-19(24-13)15-9-5-6-10-16(15)21(20(18)23)12-14-7-3-2-4-8-14/h2-11,22H,1,12H2. The summed E-state index contributed by atoms with van der Waals surface area (Å²) in [7, 11) is 0. The van der Waals surface area contributed by atoms with Crippen LogP contribution in [0.3, 0.4) is 0 Å². The maximum Gasteiger partial charge on any atom is 0.266 e. The largest absolute Gasteiger partial charge is 0.507 e. The first-order valence-electron chi connectivity index (χ1n) is 7.62. The number of hydrogen-bond acceptors (Lipinski definition) is 3. The maximum absolute atomic E-state index is 13.0. The Hall–Kier alpha value is -3.27. The molecule has 3 aromatic rings. The van der Waals surface area contributed by atoms with Gasteiger partial charge in [-0.15, -0.1) is 0 Å². The molecular weight excluding hydrogens is 302 g/mol. The second-order valence-corrected chi connectivity index (χ2v) is 5.70. The van der Waals surface area contributed by atoms with Crippen LogP contribution in [0.5, 0.6) is 5.75 Å². The smallest absolute Gasteiger partial charge is 0.266 e. The van der Waals surface area contributed by atoms with Crippen LogP contribution >= 0.6 is 0 Å². The first-order valence-corrected chi connectivity index (χ1v) is 7.62. The molecule has 1 N–H and O–H groups in total. The fourth-order valence-corrected chi connectivity index (χ4v) is 3.02. The van der Waals surface area contributed by atoms with Crippen molar-refractivity contribution in [1.29, 1.82) is 0 Å². The number of rotatable bonds is 2. The van der Waals surface area contributed by atoms with Gasteiger partial charge in [0.15, 0.2) is 5.75 Å². The molecule has 2 aromatic carbocycles. The zero-order valence-electron chi connectivity index (χ0n) is 12.9. The Morgan fingerprint density at radius 3 is 2.54 bits per heavy atom. The zero-order valence-corrected chi connectivity index (χ0v) is 12.9. The molecule has 0 radical (unpaired) electrons. The van der Waals surface area contributed by atoms with E-state index in [1.165, 1.54) is 6.08 Å². The highest BCUT2D eigenvalue weighted by atomic mass is 16.5. The van der Waals surface area contributed by atoms with Crippen LogP contribution < -0.4 is 10.3 Å². The van der Waals surface area contributed by atoms with Gasteiger partial charge in [0.1, 0.15) is 17.1 Å². The third kappa shape index (κ3) is 2.20. The van der Waals surface area contributed by atoms with Crippen LogP contribution in [-0.4, -0.2) is 9.67 Å². The topological polar surface area (TPSA) is 51.5 Å². The van der Waals surface area contributed by atoms with Gasteiger partial charge in [-0.2, -0.15) is 0 Å². The lowest BCUT2D eigenvalue weighted by Gasteiger charge is -2.21. The third-order valence-electron chi connectivity index (χ3n) is 4.10. The number of pyridine rings is 1. The minimum absolute atomic E-state index is 0.112. The van der Waals surface area contributed by atoms with Crippen LogP contribution in [0.1, 0.15) is 11.1 Å². The Bertz CT molecular complexity index is 1050. The molecule has 4 nitrogen and oxygen atoms in total. The molecule has 0 amide bonds. The fraction of sp³-hybridized carbons (Fsp3) is 0.0500. The van der Waals surface area contributed by atoms with Gasteiger partial charge in [-0.1, -0.05) is 49.0 Å². The van der Waals surface area contributed by atoms with Crippen LogP contribution in [0.15, 0.2) is 77.8 Å². The van der Waals surface area contributed by atoms with Gasteiger partial charge in [-0.05, 0) is 17.7 Å². The predicted molar refractivity (Wildman–Crippen MR) is 94.1 cm³/mol. The molecule has 24 heavy (non-hydrogen) atoms. The number of aliphatic hydroxyl groups is 1. The van der Waals surface area contributed by atoms with Gasteiger partial charge in [0.2, 0.25) is 0 Å². The van der Waals surface area contributed by atoms with Crippen molar-refractivity contribution in [2.45, 2.75) is 6.54 Å². The summed E-state index contributed by atoms with van der Waals surface area (Å²) in [6.07, 6.45) is 1.37. The number of ether oxygens (including phenoxy) is 1. The lowest BCUT2D eigenvalue weighted by Crippen LogP contribution is -2.26. The number of nitrogens with zero attached hydrogens (tertiary/aromatic N) is 1. The highest BCUT2D eigenvalue weighted by Gasteiger charge is 2.24. The first-order chi connectivity index (χ1) is 11.6. The van der Waals surface area contributed by atoms with Crippen molar-refractivity contribution in [3.63, 3.8) is 0 Å². The molecule has 0 unspecified atom stereocenters. The monoisotopic (exact) mass is 317 g/mol. The van der Waals surface area contributed by atoms with Crippen molar-refractivity contribution in [2.24, 2.45) is 0 Å². The Morgan fingerprint density at radius 1 is 1.04 bits per heavy atom. The summed E-state index contributed by atoms with van der Waals surface area (Å²) in [5.74, 6) is 0.564. The Labute approximate surface area is 138 Å². The van der Waals surface area contributed by atoms with E-state index < -0.39 is 0 Å². The average Bonchev–Trinajstić information content (AvgIpc) is 2.59. The number of aromatic nitrogens is 1. The van der Waals surface area contributed by atoms with Gasteiger partial charge in [0, 0.05) is 11.5 Å². The molecule has 118 valence electrons. The summed E-state index contributed by atoms with van der Waals surface area (Å²) in [5.41, 5.74) is 1.66. The molecule has 1 aliphatic rings.